The van der Waals surface area contributed by atoms with E-state index in [1.165, 1.54) is 42.5 Å². The average Bonchev–Trinajstić information content (AvgIpc) is 3.16. The van der Waals surface area contributed by atoms with Crippen molar-refractivity contribution in [2.24, 2.45) is 5.92 Å². The second-order valence-corrected chi connectivity index (χ2v) is 9.83. The number of hydrogen-bond donors (Lipinski definition) is 2. The summed E-state index contributed by atoms with van der Waals surface area (Å²) in [5, 5.41) is 14.4. The molecule has 1 saturated carbocycles. The first-order valence-electron chi connectivity index (χ1n) is 10.5. The molecule has 28 heavy (non-hydrogen) atoms. The highest BCUT2D eigenvalue weighted by Gasteiger charge is 2.41. The standard InChI is InChI=1S/C24H28ClNO2/c1-13-12-24(2,3)26-16-9-8-15-20-18(11-10-17(27)22(20)25)28-23(21(15)19(13)16)14-6-4-5-7-14/h8-11,13-14,23,26-27H,4-7,12H2,1-3H3. The van der Waals surface area contributed by atoms with Gasteiger partial charge >= 0.3 is 0 Å². The van der Waals surface area contributed by atoms with Crippen LogP contribution in [0.2, 0.25) is 5.02 Å². The van der Waals surface area contributed by atoms with Crippen molar-refractivity contribution < 1.29 is 9.84 Å². The lowest BCUT2D eigenvalue weighted by Gasteiger charge is -2.42. The molecule has 2 atom stereocenters. The minimum absolute atomic E-state index is 0.0611. The van der Waals surface area contributed by atoms with E-state index < -0.39 is 0 Å². The molecule has 2 heterocycles. The Bertz CT molecular complexity index is 946. The topological polar surface area (TPSA) is 41.5 Å². The van der Waals surface area contributed by atoms with Crippen LogP contribution < -0.4 is 10.1 Å². The molecular weight excluding hydrogens is 370 g/mol. The number of phenols is 1. The molecule has 2 aliphatic heterocycles. The van der Waals surface area contributed by atoms with Crippen molar-refractivity contribution in [2.45, 2.75) is 70.4 Å². The van der Waals surface area contributed by atoms with Gasteiger partial charge in [-0.3, -0.25) is 0 Å². The third kappa shape index (κ3) is 2.70. The molecule has 1 fully saturated rings. The van der Waals surface area contributed by atoms with Gasteiger partial charge in [0, 0.05) is 28.3 Å². The van der Waals surface area contributed by atoms with Crippen molar-refractivity contribution >= 4 is 17.3 Å². The van der Waals surface area contributed by atoms with Gasteiger partial charge in [0.05, 0.1) is 5.02 Å². The van der Waals surface area contributed by atoms with Gasteiger partial charge in [-0.2, -0.15) is 0 Å². The first kappa shape index (κ1) is 18.2. The maximum Gasteiger partial charge on any atom is 0.135 e. The Balaban J connectivity index is 1.77. The molecule has 3 nitrogen and oxygen atoms in total. The van der Waals surface area contributed by atoms with Crippen molar-refractivity contribution in [3.8, 4) is 22.6 Å². The second-order valence-electron chi connectivity index (χ2n) is 9.46. The van der Waals surface area contributed by atoms with Crippen LogP contribution in [0.3, 0.4) is 0 Å². The van der Waals surface area contributed by atoms with Gasteiger partial charge in [0.15, 0.2) is 0 Å². The molecule has 0 spiro atoms. The molecule has 5 rings (SSSR count). The lowest BCUT2D eigenvalue weighted by Crippen LogP contribution is -2.38. The fraction of sp³-hybridized carbons (Fsp3) is 0.500. The predicted octanol–water partition coefficient (Wildman–Crippen LogP) is 7.03. The van der Waals surface area contributed by atoms with Gasteiger partial charge < -0.3 is 15.2 Å². The summed E-state index contributed by atoms with van der Waals surface area (Å²) >= 11 is 6.57. The Morgan fingerprint density at radius 1 is 1.11 bits per heavy atom. The van der Waals surface area contributed by atoms with Crippen molar-refractivity contribution in [3.05, 3.63) is 40.4 Å². The molecule has 3 aliphatic rings. The van der Waals surface area contributed by atoms with Crippen molar-refractivity contribution in [3.63, 3.8) is 0 Å². The molecule has 0 saturated heterocycles. The molecule has 0 aromatic heterocycles. The number of aromatic hydroxyl groups is 1. The van der Waals surface area contributed by atoms with Crippen LogP contribution in [-0.4, -0.2) is 10.6 Å². The highest BCUT2D eigenvalue weighted by Crippen LogP contribution is 2.56. The zero-order valence-electron chi connectivity index (χ0n) is 16.8. The van der Waals surface area contributed by atoms with Crippen LogP contribution >= 0.6 is 11.6 Å². The molecule has 2 N–H and O–H groups in total. The summed E-state index contributed by atoms with van der Waals surface area (Å²) in [6.07, 6.45) is 6.11. The van der Waals surface area contributed by atoms with E-state index in [9.17, 15) is 5.11 Å². The van der Waals surface area contributed by atoms with E-state index in [0.717, 1.165) is 23.3 Å². The summed E-state index contributed by atoms with van der Waals surface area (Å²) in [5.74, 6) is 1.88. The summed E-state index contributed by atoms with van der Waals surface area (Å²) < 4.78 is 6.62. The number of ether oxygens (including phenoxy) is 1. The number of anilines is 1. The smallest absolute Gasteiger partial charge is 0.135 e. The number of nitrogens with one attached hydrogen (secondary N) is 1. The van der Waals surface area contributed by atoms with Crippen LogP contribution in [-0.2, 0) is 0 Å². The summed E-state index contributed by atoms with van der Waals surface area (Å²) in [7, 11) is 0. The fourth-order valence-electron chi connectivity index (χ4n) is 5.77. The van der Waals surface area contributed by atoms with E-state index in [4.69, 9.17) is 16.3 Å². The number of rotatable bonds is 1. The quantitative estimate of drug-likeness (QED) is 0.542. The Hall–Kier alpha value is -1.87. The van der Waals surface area contributed by atoms with Gasteiger partial charge in [0.25, 0.3) is 0 Å². The molecule has 0 bridgehead atoms. The van der Waals surface area contributed by atoms with Gasteiger partial charge in [-0.1, -0.05) is 37.4 Å². The van der Waals surface area contributed by atoms with Crippen LogP contribution in [0.4, 0.5) is 5.69 Å². The molecule has 2 aromatic carbocycles. The highest BCUT2D eigenvalue weighted by molar-refractivity contribution is 6.35. The molecule has 2 aromatic rings. The molecule has 0 amide bonds. The Morgan fingerprint density at radius 3 is 2.61 bits per heavy atom. The van der Waals surface area contributed by atoms with Crippen LogP contribution in [0.1, 0.15) is 76.0 Å². The number of fused-ring (bicyclic) bond motifs is 5. The minimum atomic E-state index is 0.0611. The first-order chi connectivity index (χ1) is 13.4. The maximum absolute atomic E-state index is 10.2. The molecular formula is C24H28ClNO2. The Labute approximate surface area is 172 Å². The van der Waals surface area contributed by atoms with E-state index >= 15 is 0 Å². The maximum atomic E-state index is 10.2. The first-order valence-corrected chi connectivity index (χ1v) is 10.9. The third-order valence-electron chi connectivity index (χ3n) is 6.79. The minimum Gasteiger partial charge on any atom is -0.506 e. The Morgan fingerprint density at radius 2 is 1.86 bits per heavy atom. The second kappa shape index (κ2) is 6.32. The molecule has 1 aliphatic carbocycles. The van der Waals surface area contributed by atoms with Gasteiger partial charge in [0.2, 0.25) is 0 Å². The van der Waals surface area contributed by atoms with E-state index in [0.29, 0.717) is 16.9 Å². The van der Waals surface area contributed by atoms with Crippen molar-refractivity contribution in [1.82, 2.24) is 0 Å². The molecule has 0 radical (unpaired) electrons. The fourth-order valence-corrected chi connectivity index (χ4v) is 6.03. The van der Waals surface area contributed by atoms with E-state index in [2.05, 4.69) is 38.2 Å². The van der Waals surface area contributed by atoms with Crippen molar-refractivity contribution in [2.75, 3.05) is 5.32 Å². The number of hydrogen-bond acceptors (Lipinski definition) is 3. The average molecular weight is 398 g/mol. The lowest BCUT2D eigenvalue weighted by atomic mass is 9.74. The largest absolute Gasteiger partial charge is 0.506 e. The normalized spacial score (nSPS) is 25.3. The molecule has 2 unspecified atom stereocenters. The molecule has 148 valence electrons. The van der Waals surface area contributed by atoms with E-state index in [-0.39, 0.29) is 17.4 Å². The zero-order valence-corrected chi connectivity index (χ0v) is 17.6. The van der Waals surface area contributed by atoms with Gasteiger partial charge in [-0.25, -0.2) is 0 Å². The number of phenolic OH excluding ortho intramolecular Hbond substituents is 1. The molecule has 4 heteroatoms. The summed E-state index contributed by atoms with van der Waals surface area (Å²) in [4.78, 5) is 0. The number of benzene rings is 2. The predicted molar refractivity (Wildman–Crippen MR) is 115 cm³/mol. The van der Waals surface area contributed by atoms with Crippen LogP contribution in [0.5, 0.6) is 11.5 Å². The Kier molecular flexibility index (Phi) is 4.10. The van der Waals surface area contributed by atoms with Gasteiger partial charge in [0.1, 0.15) is 17.6 Å². The SMILES string of the molecule is CC1CC(C)(C)Nc2ccc3c(c21)C(C1CCCC1)Oc1ccc(O)c(Cl)c1-3. The zero-order chi connectivity index (χ0) is 19.6. The van der Waals surface area contributed by atoms with Crippen LogP contribution in [0.25, 0.3) is 11.1 Å². The van der Waals surface area contributed by atoms with Gasteiger partial charge in [-0.15, -0.1) is 0 Å². The monoisotopic (exact) mass is 397 g/mol. The third-order valence-corrected chi connectivity index (χ3v) is 7.17. The summed E-state index contributed by atoms with van der Waals surface area (Å²) in [6, 6.07) is 7.87. The van der Waals surface area contributed by atoms with Gasteiger partial charge in [-0.05, 0) is 68.4 Å². The van der Waals surface area contributed by atoms with E-state index in [1.54, 1.807) is 6.07 Å². The summed E-state index contributed by atoms with van der Waals surface area (Å²) in [5.41, 5.74) is 5.93. The highest BCUT2D eigenvalue weighted by atomic mass is 35.5. The van der Waals surface area contributed by atoms with E-state index in [1.807, 2.05) is 6.07 Å². The van der Waals surface area contributed by atoms with Crippen LogP contribution in [0, 0.1) is 5.92 Å². The lowest BCUT2D eigenvalue weighted by molar-refractivity contribution is 0.133. The summed E-state index contributed by atoms with van der Waals surface area (Å²) in [6.45, 7) is 6.86. The number of halogens is 1. The van der Waals surface area contributed by atoms with Crippen molar-refractivity contribution in [1.29, 1.82) is 0 Å². The van der Waals surface area contributed by atoms with Crippen LogP contribution in [0.15, 0.2) is 24.3 Å².